The third kappa shape index (κ3) is 2.28. The van der Waals surface area contributed by atoms with Crippen LogP contribution in [0.2, 0.25) is 5.02 Å². The Morgan fingerprint density at radius 1 is 1.00 bits per heavy atom. The van der Waals surface area contributed by atoms with E-state index in [1.165, 1.54) is 4.90 Å². The Labute approximate surface area is 201 Å². The number of imide groups is 1. The molecule has 6 nitrogen and oxygen atoms in total. The van der Waals surface area contributed by atoms with E-state index in [2.05, 4.69) is 10.2 Å². The van der Waals surface area contributed by atoms with Gasteiger partial charge in [0.2, 0.25) is 17.7 Å². The van der Waals surface area contributed by atoms with Gasteiger partial charge in [-0.05, 0) is 66.9 Å². The Morgan fingerprint density at radius 3 is 2.62 bits per heavy atom. The Hall–Kier alpha value is -3.22. The highest BCUT2D eigenvalue weighted by atomic mass is 35.5. The minimum atomic E-state index is -1.21. The highest BCUT2D eigenvalue weighted by Gasteiger charge is 2.74. The number of hydrogen-bond donors (Lipinski definition) is 1. The van der Waals surface area contributed by atoms with Crippen molar-refractivity contribution < 1.29 is 14.4 Å². The first kappa shape index (κ1) is 20.2. The average molecular weight is 472 g/mol. The summed E-state index contributed by atoms with van der Waals surface area (Å²) in [5.41, 5.74) is 1.64. The molecule has 1 spiro atoms. The maximum Gasteiger partial charge on any atom is 0.250 e. The van der Waals surface area contributed by atoms with Crippen LogP contribution in [-0.4, -0.2) is 35.2 Å². The summed E-state index contributed by atoms with van der Waals surface area (Å²) in [6, 6.07) is 17.0. The van der Waals surface area contributed by atoms with Gasteiger partial charge in [0.25, 0.3) is 0 Å². The molecule has 0 aromatic heterocycles. The quantitative estimate of drug-likeness (QED) is 0.539. The average Bonchev–Trinajstić information content (AvgIpc) is 3.52. The predicted molar refractivity (Wildman–Crippen MR) is 130 cm³/mol. The van der Waals surface area contributed by atoms with E-state index in [0.29, 0.717) is 22.9 Å². The van der Waals surface area contributed by atoms with E-state index in [1.54, 1.807) is 6.07 Å². The molecule has 3 amide bonds. The van der Waals surface area contributed by atoms with E-state index >= 15 is 0 Å². The maximum absolute atomic E-state index is 14.1. The van der Waals surface area contributed by atoms with Crippen molar-refractivity contribution in [1.29, 1.82) is 0 Å². The fraction of sp³-hybridized carbons (Fsp3) is 0.296. The summed E-state index contributed by atoms with van der Waals surface area (Å²) in [6.07, 6.45) is 1.67. The number of carbonyl (C=O) groups is 3. The zero-order valence-electron chi connectivity index (χ0n) is 18.5. The van der Waals surface area contributed by atoms with E-state index in [0.717, 1.165) is 34.7 Å². The van der Waals surface area contributed by atoms with Gasteiger partial charge in [-0.2, -0.15) is 0 Å². The van der Waals surface area contributed by atoms with Crippen LogP contribution < -0.4 is 10.2 Å². The molecule has 34 heavy (non-hydrogen) atoms. The fourth-order valence-corrected chi connectivity index (χ4v) is 7.28. The van der Waals surface area contributed by atoms with Crippen molar-refractivity contribution in [2.24, 2.45) is 11.8 Å². The summed E-state index contributed by atoms with van der Waals surface area (Å²) in [5.74, 6) is -2.08. The second-order valence-electron chi connectivity index (χ2n) is 9.82. The lowest BCUT2D eigenvalue weighted by Crippen LogP contribution is -2.54. The van der Waals surface area contributed by atoms with Crippen LogP contribution in [0.15, 0.2) is 54.6 Å². The molecule has 3 aromatic rings. The van der Waals surface area contributed by atoms with Crippen molar-refractivity contribution in [1.82, 2.24) is 4.90 Å². The summed E-state index contributed by atoms with van der Waals surface area (Å²) in [7, 11) is 0. The molecule has 0 unspecified atom stereocenters. The third-order valence-corrected chi connectivity index (χ3v) is 8.47. The van der Waals surface area contributed by atoms with Gasteiger partial charge in [0, 0.05) is 22.3 Å². The van der Waals surface area contributed by atoms with Gasteiger partial charge in [0.15, 0.2) is 0 Å². The number of carbonyl (C=O) groups excluding carboxylic acids is 3. The molecule has 3 fully saturated rings. The molecule has 0 bridgehead atoms. The van der Waals surface area contributed by atoms with Crippen molar-refractivity contribution in [3.8, 4) is 0 Å². The summed E-state index contributed by atoms with van der Waals surface area (Å²) in [5, 5.41) is 5.57. The number of nitrogens with one attached hydrogen (secondary N) is 1. The van der Waals surface area contributed by atoms with Gasteiger partial charge >= 0.3 is 0 Å². The molecule has 3 aromatic carbocycles. The number of benzene rings is 3. The number of halogens is 1. The SMILES string of the molecule is Cc1cc(Cl)cc2c1NC(=O)[C@@]21[C@@H]2C(=O)N(c3ccc4ccccc4c3)C(=O)[C@@H]2[C@@H]2CCCN21. The van der Waals surface area contributed by atoms with Crippen molar-refractivity contribution in [3.63, 3.8) is 0 Å². The fourth-order valence-electron chi connectivity index (χ4n) is 7.01. The van der Waals surface area contributed by atoms with Crippen molar-refractivity contribution in [2.45, 2.75) is 31.3 Å². The first-order valence-corrected chi connectivity index (χ1v) is 12.1. The first-order chi connectivity index (χ1) is 16.4. The van der Waals surface area contributed by atoms with Gasteiger partial charge in [-0.25, -0.2) is 4.90 Å². The number of hydrogen-bond acceptors (Lipinski definition) is 4. The lowest BCUT2D eigenvalue weighted by Gasteiger charge is -2.36. The summed E-state index contributed by atoms with van der Waals surface area (Å²) < 4.78 is 0. The lowest BCUT2D eigenvalue weighted by molar-refractivity contribution is -0.135. The second kappa shape index (κ2) is 6.68. The molecular weight excluding hydrogens is 450 g/mol. The van der Waals surface area contributed by atoms with Crippen LogP contribution in [0.4, 0.5) is 11.4 Å². The summed E-state index contributed by atoms with van der Waals surface area (Å²) in [6.45, 7) is 2.58. The van der Waals surface area contributed by atoms with E-state index in [9.17, 15) is 14.4 Å². The van der Waals surface area contributed by atoms with Crippen molar-refractivity contribution in [3.05, 3.63) is 70.7 Å². The Bertz CT molecular complexity index is 1450. The van der Waals surface area contributed by atoms with Gasteiger partial charge in [-0.3, -0.25) is 19.3 Å². The molecule has 0 radical (unpaired) electrons. The van der Waals surface area contributed by atoms with Gasteiger partial charge in [-0.1, -0.05) is 41.9 Å². The van der Waals surface area contributed by atoms with Gasteiger partial charge < -0.3 is 5.32 Å². The molecule has 4 aliphatic heterocycles. The highest BCUT2D eigenvalue weighted by molar-refractivity contribution is 6.31. The highest BCUT2D eigenvalue weighted by Crippen LogP contribution is 2.61. The molecular formula is C27H22ClN3O3. The van der Waals surface area contributed by atoms with Crippen LogP contribution in [0.1, 0.15) is 24.0 Å². The molecule has 0 aliphatic carbocycles. The molecule has 4 atom stereocenters. The third-order valence-electron chi connectivity index (χ3n) is 8.25. The number of fused-ring (bicyclic) bond motifs is 8. The largest absolute Gasteiger partial charge is 0.324 e. The molecule has 0 saturated carbocycles. The van der Waals surface area contributed by atoms with Crippen LogP contribution in [0.3, 0.4) is 0 Å². The van der Waals surface area contributed by atoms with Crippen LogP contribution in [0.25, 0.3) is 10.8 Å². The minimum absolute atomic E-state index is 0.150. The summed E-state index contributed by atoms with van der Waals surface area (Å²) >= 11 is 6.45. The Balaban J connectivity index is 1.43. The topological polar surface area (TPSA) is 69.7 Å². The number of rotatable bonds is 1. The summed E-state index contributed by atoms with van der Waals surface area (Å²) in [4.78, 5) is 45.2. The lowest BCUT2D eigenvalue weighted by atomic mass is 9.75. The number of nitrogens with zero attached hydrogens (tertiary/aromatic N) is 2. The number of amides is 3. The van der Waals surface area contributed by atoms with Crippen LogP contribution >= 0.6 is 11.6 Å². The molecule has 4 heterocycles. The predicted octanol–water partition coefficient (Wildman–Crippen LogP) is 4.23. The van der Waals surface area contributed by atoms with E-state index < -0.39 is 17.4 Å². The first-order valence-electron chi connectivity index (χ1n) is 11.7. The standard InChI is InChI=1S/C27H22ClN3O3/c1-14-11-17(28)13-19-23(14)29-26(34)27(19)22-21(20-7-4-10-30(20)27)24(32)31(25(22)33)18-9-8-15-5-2-3-6-16(15)12-18/h2-3,5-6,8-9,11-13,20-22H,4,7,10H2,1H3,(H,29,34)/t20-,21+,22-,27-/m0/s1. The molecule has 7 heteroatoms. The van der Waals surface area contributed by atoms with Crippen molar-refractivity contribution in [2.75, 3.05) is 16.8 Å². The number of anilines is 2. The van der Waals surface area contributed by atoms with E-state index in [1.807, 2.05) is 55.5 Å². The maximum atomic E-state index is 14.1. The molecule has 3 saturated heterocycles. The molecule has 1 N–H and O–H groups in total. The van der Waals surface area contributed by atoms with Crippen molar-refractivity contribution >= 4 is 51.5 Å². The molecule has 170 valence electrons. The van der Waals surface area contributed by atoms with Crippen LogP contribution in [0.5, 0.6) is 0 Å². The second-order valence-corrected chi connectivity index (χ2v) is 10.3. The normalized spacial score (nSPS) is 29.8. The monoisotopic (exact) mass is 471 g/mol. The van der Waals surface area contributed by atoms with Gasteiger partial charge in [-0.15, -0.1) is 0 Å². The van der Waals surface area contributed by atoms with Crippen LogP contribution in [0, 0.1) is 18.8 Å². The van der Waals surface area contributed by atoms with Gasteiger partial charge in [0.1, 0.15) is 5.54 Å². The Morgan fingerprint density at radius 2 is 1.79 bits per heavy atom. The van der Waals surface area contributed by atoms with E-state index in [-0.39, 0.29) is 23.8 Å². The minimum Gasteiger partial charge on any atom is -0.324 e. The molecule has 4 aliphatic rings. The zero-order chi connectivity index (χ0) is 23.4. The number of aryl methyl sites for hydroxylation is 1. The van der Waals surface area contributed by atoms with Gasteiger partial charge in [0.05, 0.1) is 17.5 Å². The Kier molecular flexibility index (Phi) is 3.96. The molecule has 7 rings (SSSR count). The zero-order valence-corrected chi connectivity index (χ0v) is 19.3. The smallest absolute Gasteiger partial charge is 0.250 e. The van der Waals surface area contributed by atoms with Crippen LogP contribution in [-0.2, 0) is 19.9 Å². The van der Waals surface area contributed by atoms with E-state index in [4.69, 9.17) is 11.6 Å².